The Kier molecular flexibility index (Phi) is 8.44. The topological polar surface area (TPSA) is 97.0 Å². The van der Waals surface area contributed by atoms with Crippen molar-refractivity contribution in [1.29, 1.82) is 0 Å². The highest BCUT2D eigenvalue weighted by Crippen LogP contribution is 2.24. The zero-order chi connectivity index (χ0) is 20.5. The molecule has 0 aliphatic carbocycles. The van der Waals surface area contributed by atoms with Gasteiger partial charge in [0.05, 0.1) is 6.61 Å². The van der Waals surface area contributed by atoms with Crippen molar-refractivity contribution in [2.24, 2.45) is 5.92 Å². The summed E-state index contributed by atoms with van der Waals surface area (Å²) in [4.78, 5) is 36.6. The zero-order valence-electron chi connectivity index (χ0n) is 16.8. The minimum Gasteiger partial charge on any atom is -0.464 e. The molecule has 1 aromatic carbocycles. The molecule has 154 valence electrons. The number of rotatable bonds is 11. The van der Waals surface area contributed by atoms with E-state index in [4.69, 9.17) is 9.47 Å². The molecule has 3 atom stereocenters. The van der Waals surface area contributed by atoms with Gasteiger partial charge in [0.25, 0.3) is 5.91 Å². The first-order valence-corrected chi connectivity index (χ1v) is 9.86. The van der Waals surface area contributed by atoms with E-state index in [9.17, 15) is 14.4 Å². The molecule has 0 bridgehead atoms. The van der Waals surface area contributed by atoms with E-state index in [-0.39, 0.29) is 12.5 Å². The maximum Gasteiger partial charge on any atom is 0.338 e. The van der Waals surface area contributed by atoms with E-state index in [0.717, 1.165) is 12.0 Å². The van der Waals surface area contributed by atoms with Crippen molar-refractivity contribution in [3.8, 4) is 0 Å². The highest BCUT2D eigenvalue weighted by molar-refractivity contribution is 5.95. The molecule has 0 aromatic heterocycles. The van der Waals surface area contributed by atoms with Crippen LogP contribution in [0, 0.1) is 5.92 Å². The molecule has 1 aromatic rings. The zero-order valence-corrected chi connectivity index (χ0v) is 16.8. The van der Waals surface area contributed by atoms with Gasteiger partial charge in [0, 0.05) is 6.54 Å². The standard InChI is InChI=1S/C21H30N2O5/c1-4-27-21(26)18-17(28-18)20(25)23-16(19(24)22-13-12-14(2)3)11-10-15-8-6-5-7-9-15/h5-9,14,16-18H,4,10-13H2,1-3H3,(H,22,24)(H,23,25)/t16-,17-,18-/m0/s1. The fraction of sp³-hybridized carbons (Fsp3) is 0.571. The van der Waals surface area contributed by atoms with Gasteiger partial charge in [-0.1, -0.05) is 44.2 Å². The van der Waals surface area contributed by atoms with Gasteiger partial charge in [0.15, 0.2) is 12.2 Å². The molecular weight excluding hydrogens is 360 g/mol. The van der Waals surface area contributed by atoms with Gasteiger partial charge in [-0.15, -0.1) is 0 Å². The van der Waals surface area contributed by atoms with Crippen LogP contribution < -0.4 is 10.6 Å². The lowest BCUT2D eigenvalue weighted by Crippen LogP contribution is -2.49. The summed E-state index contributed by atoms with van der Waals surface area (Å²) in [6, 6.07) is 9.08. The van der Waals surface area contributed by atoms with Gasteiger partial charge in [0.1, 0.15) is 6.04 Å². The first kappa shape index (κ1) is 21.9. The van der Waals surface area contributed by atoms with Crippen molar-refractivity contribution in [3.63, 3.8) is 0 Å². The minimum absolute atomic E-state index is 0.224. The van der Waals surface area contributed by atoms with E-state index in [1.165, 1.54) is 0 Å². The van der Waals surface area contributed by atoms with Crippen molar-refractivity contribution >= 4 is 17.8 Å². The Morgan fingerprint density at radius 2 is 1.82 bits per heavy atom. The Morgan fingerprint density at radius 1 is 1.11 bits per heavy atom. The number of nitrogens with one attached hydrogen (secondary N) is 2. The highest BCUT2D eigenvalue weighted by Gasteiger charge is 2.52. The Balaban J connectivity index is 1.92. The molecule has 7 heteroatoms. The van der Waals surface area contributed by atoms with Crippen LogP contribution in [-0.4, -0.2) is 49.2 Å². The monoisotopic (exact) mass is 390 g/mol. The lowest BCUT2D eigenvalue weighted by atomic mass is 10.0. The second-order valence-electron chi connectivity index (χ2n) is 7.29. The predicted octanol–water partition coefficient (Wildman–Crippen LogP) is 1.60. The smallest absolute Gasteiger partial charge is 0.338 e. The molecular formula is C21H30N2O5. The summed E-state index contributed by atoms with van der Waals surface area (Å²) in [5, 5.41) is 5.61. The third-order valence-corrected chi connectivity index (χ3v) is 4.49. The molecule has 0 unspecified atom stereocenters. The third kappa shape index (κ3) is 6.96. The summed E-state index contributed by atoms with van der Waals surface area (Å²) in [7, 11) is 0. The SMILES string of the molecule is CCOC(=O)[C@H]1O[C@@H]1C(=O)N[C@@H](CCc1ccccc1)C(=O)NCCC(C)C. The number of hydrogen-bond donors (Lipinski definition) is 2. The highest BCUT2D eigenvalue weighted by atomic mass is 16.6. The number of carbonyl (C=O) groups excluding carboxylic acids is 3. The Labute approximate surface area is 166 Å². The van der Waals surface area contributed by atoms with Crippen molar-refractivity contribution in [2.75, 3.05) is 13.2 Å². The lowest BCUT2D eigenvalue weighted by Gasteiger charge is -2.18. The van der Waals surface area contributed by atoms with Crippen LogP contribution in [0.1, 0.15) is 39.2 Å². The van der Waals surface area contributed by atoms with Crippen LogP contribution >= 0.6 is 0 Å². The van der Waals surface area contributed by atoms with Crippen LogP contribution in [0.25, 0.3) is 0 Å². The molecule has 1 saturated heterocycles. The molecule has 2 N–H and O–H groups in total. The van der Waals surface area contributed by atoms with Gasteiger partial charge in [-0.05, 0) is 37.7 Å². The van der Waals surface area contributed by atoms with Gasteiger partial charge in [-0.3, -0.25) is 9.59 Å². The fourth-order valence-corrected chi connectivity index (χ4v) is 2.80. The van der Waals surface area contributed by atoms with E-state index in [1.54, 1.807) is 6.92 Å². The van der Waals surface area contributed by atoms with E-state index in [2.05, 4.69) is 24.5 Å². The molecule has 2 rings (SSSR count). The number of ether oxygens (including phenoxy) is 2. The molecule has 1 aliphatic rings. The van der Waals surface area contributed by atoms with Gasteiger partial charge >= 0.3 is 5.97 Å². The number of amides is 2. The number of benzene rings is 1. The van der Waals surface area contributed by atoms with Crippen molar-refractivity contribution in [2.45, 2.75) is 58.3 Å². The van der Waals surface area contributed by atoms with Gasteiger partial charge < -0.3 is 20.1 Å². The molecule has 1 aliphatic heterocycles. The summed E-state index contributed by atoms with van der Waals surface area (Å²) < 4.78 is 9.99. The van der Waals surface area contributed by atoms with Crippen LogP contribution in [0.5, 0.6) is 0 Å². The van der Waals surface area contributed by atoms with Crippen LogP contribution in [-0.2, 0) is 30.3 Å². The number of carbonyl (C=O) groups is 3. The second kappa shape index (κ2) is 10.8. The minimum atomic E-state index is -0.887. The largest absolute Gasteiger partial charge is 0.464 e. The van der Waals surface area contributed by atoms with E-state index in [0.29, 0.717) is 25.3 Å². The average Bonchev–Trinajstić information content (AvgIpc) is 3.46. The summed E-state index contributed by atoms with van der Waals surface area (Å²) in [6.07, 6.45) is 0.207. The first-order valence-electron chi connectivity index (χ1n) is 9.86. The maximum absolute atomic E-state index is 12.6. The van der Waals surface area contributed by atoms with Gasteiger partial charge in [0.2, 0.25) is 5.91 Å². The average molecular weight is 390 g/mol. The molecule has 2 amide bonds. The van der Waals surface area contributed by atoms with Crippen LogP contribution in [0.2, 0.25) is 0 Å². The van der Waals surface area contributed by atoms with E-state index >= 15 is 0 Å². The van der Waals surface area contributed by atoms with Crippen molar-refractivity contribution in [1.82, 2.24) is 10.6 Å². The Morgan fingerprint density at radius 3 is 2.46 bits per heavy atom. The summed E-state index contributed by atoms with van der Waals surface area (Å²) in [5.41, 5.74) is 1.09. The fourth-order valence-electron chi connectivity index (χ4n) is 2.80. The molecule has 1 fully saturated rings. The molecule has 28 heavy (non-hydrogen) atoms. The van der Waals surface area contributed by atoms with Crippen molar-refractivity contribution in [3.05, 3.63) is 35.9 Å². The summed E-state index contributed by atoms with van der Waals surface area (Å²) in [5.74, 6) is -0.763. The summed E-state index contributed by atoms with van der Waals surface area (Å²) >= 11 is 0. The van der Waals surface area contributed by atoms with Gasteiger partial charge in [-0.25, -0.2) is 4.79 Å². The number of epoxide rings is 1. The maximum atomic E-state index is 12.6. The van der Waals surface area contributed by atoms with E-state index in [1.807, 2.05) is 30.3 Å². The molecule has 0 radical (unpaired) electrons. The van der Waals surface area contributed by atoms with Gasteiger partial charge in [-0.2, -0.15) is 0 Å². The molecule has 0 saturated carbocycles. The second-order valence-corrected chi connectivity index (χ2v) is 7.29. The van der Waals surface area contributed by atoms with E-state index < -0.39 is 30.1 Å². The third-order valence-electron chi connectivity index (χ3n) is 4.49. The number of aryl methyl sites for hydroxylation is 1. The number of hydrogen-bond acceptors (Lipinski definition) is 5. The Bertz CT molecular complexity index is 662. The van der Waals surface area contributed by atoms with Crippen LogP contribution in [0.3, 0.4) is 0 Å². The Hall–Kier alpha value is -2.41. The first-order chi connectivity index (χ1) is 13.4. The molecule has 0 spiro atoms. The summed E-state index contributed by atoms with van der Waals surface area (Å²) in [6.45, 7) is 6.64. The molecule has 1 heterocycles. The quantitative estimate of drug-likeness (QED) is 0.442. The predicted molar refractivity (Wildman–Crippen MR) is 104 cm³/mol. The normalized spacial score (nSPS) is 19.0. The van der Waals surface area contributed by atoms with Crippen LogP contribution in [0.4, 0.5) is 0 Å². The number of esters is 1. The lowest BCUT2D eigenvalue weighted by molar-refractivity contribution is -0.144. The molecule has 7 nitrogen and oxygen atoms in total. The van der Waals surface area contributed by atoms with Crippen molar-refractivity contribution < 1.29 is 23.9 Å². The van der Waals surface area contributed by atoms with Crippen LogP contribution in [0.15, 0.2) is 30.3 Å².